The number of amides is 2. The van der Waals surface area contributed by atoms with E-state index in [1.807, 2.05) is 30.3 Å². The Bertz CT molecular complexity index is 985. The molecule has 7 rings (SSSR count). The monoisotopic (exact) mass is 454 g/mol. The van der Waals surface area contributed by atoms with Gasteiger partial charge in [0.1, 0.15) is 10.1 Å². The molecule has 2 amide bonds. The van der Waals surface area contributed by atoms with E-state index in [4.69, 9.17) is 17.0 Å². The normalized spacial score (nSPS) is 29.8. The fourth-order valence-electron chi connectivity index (χ4n) is 5.48. The summed E-state index contributed by atoms with van der Waals surface area (Å²) < 4.78 is 5.73. The van der Waals surface area contributed by atoms with E-state index < -0.39 is 0 Å². The van der Waals surface area contributed by atoms with Crippen molar-refractivity contribution in [3.05, 3.63) is 46.4 Å². The third-order valence-corrected chi connectivity index (χ3v) is 8.37. The van der Waals surface area contributed by atoms with Crippen LogP contribution in [0, 0.1) is 11.8 Å². The molecule has 2 unspecified atom stereocenters. The molecule has 1 aromatic rings. The largest absolute Gasteiger partial charge is 0.497 e. The number of allylic oxidation sites excluding steroid dienone is 1. The minimum atomic E-state index is -0.0814. The molecule has 162 valence electrons. The van der Waals surface area contributed by atoms with E-state index in [-0.39, 0.29) is 17.4 Å². The highest BCUT2D eigenvalue weighted by Gasteiger charge is 2.53. The zero-order valence-corrected chi connectivity index (χ0v) is 19.2. The van der Waals surface area contributed by atoms with Gasteiger partial charge in [-0.25, -0.2) is 0 Å². The standard InChI is InChI=1S/C24H26N2O3S2/c1-29-18-6-4-15(5-7-18)11-20-22(28)26(23(30)31-20)10-2-3-21(27)25-24-9-8-19-16(13-24)12-17(19)14-24/h4-8,11,16-17H,2-3,9-10,12-14H2,1H3,(H,25,27)/b20-11-. The number of thioether (sulfide) groups is 1. The first-order valence-electron chi connectivity index (χ1n) is 10.9. The van der Waals surface area contributed by atoms with E-state index >= 15 is 0 Å². The molecule has 1 N–H and O–H groups in total. The maximum Gasteiger partial charge on any atom is 0.266 e. The second-order valence-electron chi connectivity index (χ2n) is 8.98. The number of hydrogen-bond donors (Lipinski definition) is 1. The average molecular weight is 455 g/mol. The Balaban J connectivity index is 1.13. The van der Waals surface area contributed by atoms with Crippen LogP contribution in [0.5, 0.6) is 5.75 Å². The number of nitrogens with zero attached hydrogens (tertiary/aromatic N) is 1. The highest BCUT2D eigenvalue weighted by molar-refractivity contribution is 8.26. The predicted molar refractivity (Wildman–Crippen MR) is 127 cm³/mol. The van der Waals surface area contributed by atoms with Crippen LogP contribution in [-0.2, 0) is 9.59 Å². The number of benzene rings is 1. The number of thiocarbonyl (C=S) groups is 1. The Morgan fingerprint density at radius 2 is 2.06 bits per heavy atom. The average Bonchev–Trinajstić information content (AvgIpc) is 3.01. The number of fused-ring (bicyclic) bond motifs is 1. The van der Waals surface area contributed by atoms with Crippen molar-refractivity contribution in [2.45, 2.75) is 44.1 Å². The van der Waals surface area contributed by atoms with E-state index in [9.17, 15) is 9.59 Å². The highest BCUT2D eigenvalue weighted by Crippen LogP contribution is 2.58. The number of rotatable bonds is 7. The van der Waals surface area contributed by atoms with Crippen molar-refractivity contribution in [1.82, 2.24) is 10.2 Å². The van der Waals surface area contributed by atoms with Gasteiger partial charge in [0.15, 0.2) is 0 Å². The summed E-state index contributed by atoms with van der Waals surface area (Å²) >= 11 is 6.74. The number of nitrogens with one attached hydrogen (secondary N) is 1. The summed E-state index contributed by atoms with van der Waals surface area (Å²) in [5.41, 5.74) is 2.55. The van der Waals surface area contributed by atoms with E-state index in [2.05, 4.69) is 11.4 Å². The fraction of sp³-hybridized carbons (Fsp3) is 0.458. The Morgan fingerprint density at radius 3 is 2.74 bits per heavy atom. The van der Waals surface area contributed by atoms with E-state index in [1.54, 1.807) is 17.6 Å². The maximum absolute atomic E-state index is 12.8. The second kappa shape index (κ2) is 8.10. The first-order chi connectivity index (χ1) is 15.0. The van der Waals surface area contributed by atoms with Gasteiger partial charge in [0, 0.05) is 18.5 Å². The van der Waals surface area contributed by atoms with Gasteiger partial charge in [-0.05, 0) is 67.7 Å². The van der Waals surface area contributed by atoms with Crippen LogP contribution in [-0.4, -0.2) is 40.2 Å². The molecule has 2 atom stereocenters. The molecular formula is C24H26N2O3S2. The summed E-state index contributed by atoms with van der Waals surface area (Å²) in [6, 6.07) is 7.55. The summed E-state index contributed by atoms with van der Waals surface area (Å²) in [6.07, 6.45) is 9.73. The van der Waals surface area contributed by atoms with Crippen molar-refractivity contribution >= 4 is 46.2 Å². The molecule has 1 aromatic carbocycles. The van der Waals surface area contributed by atoms with Crippen LogP contribution in [0.4, 0.5) is 0 Å². The van der Waals surface area contributed by atoms with Gasteiger partial charge in [0.25, 0.3) is 5.91 Å². The molecule has 0 radical (unpaired) electrons. The molecule has 3 saturated carbocycles. The summed E-state index contributed by atoms with van der Waals surface area (Å²) in [4.78, 5) is 27.6. The molecule has 5 nitrogen and oxygen atoms in total. The number of hydrogen-bond acceptors (Lipinski definition) is 5. The van der Waals surface area contributed by atoms with Crippen LogP contribution in [0.15, 0.2) is 40.8 Å². The van der Waals surface area contributed by atoms with Crippen molar-refractivity contribution in [1.29, 1.82) is 0 Å². The second-order valence-corrected chi connectivity index (χ2v) is 10.7. The van der Waals surface area contributed by atoms with Gasteiger partial charge in [0.2, 0.25) is 5.91 Å². The van der Waals surface area contributed by atoms with Crippen molar-refractivity contribution in [3.63, 3.8) is 0 Å². The quantitative estimate of drug-likeness (QED) is 0.378. The molecule has 7 heteroatoms. The molecule has 4 bridgehead atoms. The molecule has 4 fully saturated rings. The zero-order chi connectivity index (χ0) is 21.6. The summed E-state index contributed by atoms with van der Waals surface area (Å²) in [5, 5.41) is 3.33. The van der Waals surface area contributed by atoms with Crippen molar-refractivity contribution in [2.75, 3.05) is 13.7 Å². The molecule has 0 aromatic heterocycles. The lowest BCUT2D eigenvalue weighted by Crippen LogP contribution is -2.60. The number of ether oxygens (including phenoxy) is 1. The molecular weight excluding hydrogens is 428 g/mol. The summed E-state index contributed by atoms with van der Waals surface area (Å²) in [6.45, 7) is 0.473. The van der Waals surface area contributed by atoms with Crippen LogP contribution >= 0.6 is 24.0 Å². The number of carbonyl (C=O) groups is 2. The SMILES string of the molecule is COc1ccc(/C=C2\SC(=S)N(CCCC(=O)NC34CC=C5C(CC5C3)C4)C2=O)cc1. The molecule has 6 aliphatic rings. The number of methoxy groups -OCH3 is 1. The van der Waals surface area contributed by atoms with Crippen LogP contribution < -0.4 is 10.1 Å². The van der Waals surface area contributed by atoms with E-state index in [0.29, 0.717) is 40.4 Å². The Kier molecular flexibility index (Phi) is 5.42. The maximum atomic E-state index is 12.8. The third kappa shape index (κ3) is 3.94. The topological polar surface area (TPSA) is 58.6 Å². The highest BCUT2D eigenvalue weighted by atomic mass is 32.2. The van der Waals surface area contributed by atoms with Crippen molar-refractivity contribution < 1.29 is 14.3 Å². The van der Waals surface area contributed by atoms with E-state index in [1.165, 1.54) is 18.2 Å². The van der Waals surface area contributed by atoms with Crippen molar-refractivity contribution in [2.24, 2.45) is 11.8 Å². The first-order valence-corrected chi connectivity index (χ1v) is 12.1. The van der Waals surface area contributed by atoms with Crippen LogP contribution in [0.2, 0.25) is 0 Å². The van der Waals surface area contributed by atoms with Crippen LogP contribution in [0.25, 0.3) is 6.08 Å². The van der Waals surface area contributed by atoms with Gasteiger partial charge in [-0.15, -0.1) is 0 Å². The van der Waals surface area contributed by atoms with Gasteiger partial charge in [-0.1, -0.05) is 47.8 Å². The van der Waals surface area contributed by atoms with Gasteiger partial charge >= 0.3 is 0 Å². The Morgan fingerprint density at radius 1 is 1.32 bits per heavy atom. The Labute approximate surface area is 192 Å². The molecule has 31 heavy (non-hydrogen) atoms. The minimum absolute atomic E-state index is 0.0185. The smallest absolute Gasteiger partial charge is 0.266 e. The third-order valence-electron chi connectivity index (χ3n) is 6.99. The fourth-order valence-corrected chi connectivity index (χ4v) is 6.79. The summed E-state index contributed by atoms with van der Waals surface area (Å²) in [7, 11) is 1.62. The lowest BCUT2D eigenvalue weighted by atomic mass is 9.51. The van der Waals surface area contributed by atoms with E-state index in [0.717, 1.165) is 30.6 Å². The molecule has 1 heterocycles. The molecule has 5 aliphatic carbocycles. The van der Waals surface area contributed by atoms with Gasteiger partial charge < -0.3 is 10.1 Å². The Hall–Kier alpha value is -2.12. The van der Waals surface area contributed by atoms with Crippen molar-refractivity contribution in [3.8, 4) is 5.75 Å². The van der Waals surface area contributed by atoms with Gasteiger partial charge in [-0.2, -0.15) is 0 Å². The minimum Gasteiger partial charge on any atom is -0.497 e. The molecule has 1 aliphatic heterocycles. The predicted octanol–water partition coefficient (Wildman–Crippen LogP) is 4.29. The van der Waals surface area contributed by atoms with Crippen LogP contribution in [0.3, 0.4) is 0 Å². The lowest BCUT2D eigenvalue weighted by molar-refractivity contribution is -0.126. The first kappa shape index (κ1) is 20.8. The van der Waals surface area contributed by atoms with Gasteiger partial charge in [-0.3, -0.25) is 14.5 Å². The lowest BCUT2D eigenvalue weighted by Gasteiger charge is -2.58. The molecule has 0 spiro atoms. The summed E-state index contributed by atoms with van der Waals surface area (Å²) in [5.74, 6) is 2.21. The van der Waals surface area contributed by atoms with Gasteiger partial charge in [0.05, 0.1) is 12.0 Å². The number of carbonyl (C=O) groups excluding carboxylic acids is 2. The van der Waals surface area contributed by atoms with Crippen LogP contribution in [0.1, 0.15) is 44.1 Å². The molecule has 1 saturated heterocycles. The zero-order valence-electron chi connectivity index (χ0n) is 17.6.